The molecule has 0 atom stereocenters. The number of hydrogen-bond donors (Lipinski definition) is 3. The van der Waals surface area contributed by atoms with Gasteiger partial charge in [-0.25, -0.2) is 4.57 Å². The third-order valence-corrected chi connectivity index (χ3v) is 0. The zero-order valence-corrected chi connectivity index (χ0v) is 7.04. The van der Waals surface area contributed by atoms with E-state index >= 15 is 0 Å². The molecule has 3 N–H and O–H groups in total. The van der Waals surface area contributed by atoms with Crippen LogP contribution in [0.25, 0.3) is 0 Å². The van der Waals surface area contributed by atoms with Crippen molar-refractivity contribution >= 4 is 7.82 Å². The Kier molecular flexibility index (Phi) is 15.0. The fraction of sp³-hybridized carbons (Fsp3) is 0. The summed E-state index contributed by atoms with van der Waals surface area (Å²) in [6.07, 6.45) is 0. The van der Waals surface area contributed by atoms with Gasteiger partial charge in [0.2, 0.25) is 0 Å². The number of phosphoric acid groups is 1. The molecule has 0 aromatic heterocycles. The molecule has 0 rings (SSSR count). The van der Waals surface area contributed by atoms with Crippen LogP contribution in [-0.2, 0) is 4.57 Å². The van der Waals surface area contributed by atoms with Crippen LogP contribution in [0.5, 0.6) is 0 Å². The maximum absolute atomic E-state index is 8.88. The van der Waals surface area contributed by atoms with E-state index in [1.807, 2.05) is 0 Å². The van der Waals surface area contributed by atoms with Crippen LogP contribution in [0.2, 0.25) is 0 Å². The van der Waals surface area contributed by atoms with Gasteiger partial charge in [0.25, 0.3) is 0 Å². The number of rotatable bonds is 0. The Labute approximate surface area is 68.5 Å². The first-order valence-electron chi connectivity index (χ1n) is 1.01. The maximum atomic E-state index is 8.88. The molecule has 0 saturated carbocycles. The molecule has 0 aromatic carbocycles. The smallest absolute Gasteiger partial charge is 0.512 e. The quantitative estimate of drug-likeness (QED) is 0.185. The Morgan fingerprint density at radius 3 is 1.25 bits per heavy atom. The first-order chi connectivity index (χ1) is 3.00. The van der Waals surface area contributed by atoms with Crippen molar-refractivity contribution in [1.82, 2.24) is 0 Å². The van der Waals surface area contributed by atoms with Crippen molar-refractivity contribution < 1.29 is 48.8 Å². The molecule has 0 amide bonds. The molecule has 0 saturated heterocycles. The van der Waals surface area contributed by atoms with E-state index in [0.717, 1.165) is 0 Å². The summed E-state index contributed by atoms with van der Waals surface area (Å²) < 4.78 is 8.88. The predicted molar refractivity (Wildman–Crippen MR) is 19.2 cm³/mol. The van der Waals surface area contributed by atoms with Crippen LogP contribution in [0.1, 0.15) is 0 Å². The largest absolute Gasteiger partial charge is 1.00 e. The van der Waals surface area contributed by atoms with Gasteiger partial charge in [0.1, 0.15) is 0 Å². The average Bonchev–Trinajstić information content (AvgIpc) is 1.36. The van der Waals surface area contributed by atoms with E-state index in [1.165, 1.54) is 0 Å². The van der Waals surface area contributed by atoms with Gasteiger partial charge in [-0.1, -0.05) is 0 Å². The molecule has 5 nitrogen and oxygen atoms in total. The van der Waals surface area contributed by atoms with Gasteiger partial charge in [-0.3, -0.25) is 0 Å². The molecule has 0 heterocycles. The number of nitrogens with zero attached hydrogens (tertiary/aromatic N) is 1. The first kappa shape index (κ1) is 15.8. The van der Waals surface area contributed by atoms with Crippen molar-refractivity contribution in [2.75, 3.05) is 0 Å². The van der Waals surface area contributed by atoms with Crippen molar-refractivity contribution in [2.24, 2.45) is 0 Å². The molecule has 7 heteroatoms. The van der Waals surface area contributed by atoms with Gasteiger partial charge in [-0.05, 0) is 0 Å². The normalized spacial score (nSPS) is 7.62. The van der Waals surface area contributed by atoms with E-state index in [2.05, 4.69) is 0 Å². The standard InChI is InChI=1S/CN.Na.H3O4P/c1-2;;1-5(2,3)4/h;;(H3,1,2,3,4)/q-1;+1;. The average molecular weight is 147 g/mol. The molecular formula is CH3NNaO4P. The van der Waals surface area contributed by atoms with Crippen molar-refractivity contribution in [3.63, 3.8) is 0 Å². The minimum atomic E-state index is -4.64. The van der Waals surface area contributed by atoms with Gasteiger partial charge in [0.15, 0.2) is 0 Å². The van der Waals surface area contributed by atoms with Crippen LogP contribution < -0.4 is 29.6 Å². The molecule has 42 valence electrons. The third-order valence-electron chi connectivity index (χ3n) is 0. The molecule has 0 aliphatic heterocycles. The van der Waals surface area contributed by atoms with Crippen LogP contribution in [-0.4, -0.2) is 14.7 Å². The Bertz CT molecular complexity index is 87.2. The molecule has 0 aliphatic carbocycles. The summed E-state index contributed by atoms with van der Waals surface area (Å²) in [5.74, 6) is 0. The second-order valence-electron chi connectivity index (χ2n) is 0.513. The third kappa shape index (κ3) is 575. The molecule has 0 radical (unpaired) electrons. The van der Waals surface area contributed by atoms with Gasteiger partial charge < -0.3 is 26.5 Å². The van der Waals surface area contributed by atoms with Crippen LogP contribution >= 0.6 is 7.82 Å². The van der Waals surface area contributed by atoms with E-state index in [9.17, 15) is 0 Å². The van der Waals surface area contributed by atoms with E-state index in [1.54, 1.807) is 0 Å². The summed E-state index contributed by atoms with van der Waals surface area (Å²) >= 11 is 0. The first-order valence-corrected chi connectivity index (χ1v) is 2.57. The van der Waals surface area contributed by atoms with Crippen molar-refractivity contribution in [2.45, 2.75) is 0 Å². The molecule has 0 unspecified atom stereocenters. The fourth-order valence-electron chi connectivity index (χ4n) is 0. The molecule has 0 aliphatic rings. The monoisotopic (exact) mass is 147 g/mol. The summed E-state index contributed by atoms with van der Waals surface area (Å²) in [5.41, 5.74) is 0. The summed E-state index contributed by atoms with van der Waals surface area (Å²) in [5, 5.41) is 6.25. The molecule has 0 spiro atoms. The Hall–Kier alpha value is 0.600. The number of hydrogen-bond acceptors (Lipinski definition) is 2. The van der Waals surface area contributed by atoms with E-state index in [0.29, 0.717) is 0 Å². The van der Waals surface area contributed by atoms with Gasteiger partial charge in [-0.15, -0.1) is 0 Å². The molecular weight excluding hydrogens is 144 g/mol. The summed E-state index contributed by atoms with van der Waals surface area (Å²) in [6, 6.07) is 0. The molecule has 0 fully saturated rings. The van der Waals surface area contributed by atoms with E-state index < -0.39 is 7.82 Å². The molecule has 0 bridgehead atoms. The summed E-state index contributed by atoms with van der Waals surface area (Å²) in [6.45, 7) is 4.75. The van der Waals surface area contributed by atoms with Crippen molar-refractivity contribution in [3.8, 4) is 0 Å². The van der Waals surface area contributed by atoms with Gasteiger partial charge in [-0.2, -0.15) is 0 Å². The van der Waals surface area contributed by atoms with Crippen molar-refractivity contribution in [1.29, 1.82) is 5.26 Å². The van der Waals surface area contributed by atoms with Crippen LogP contribution in [0.3, 0.4) is 0 Å². The zero-order chi connectivity index (χ0) is 6.50. The van der Waals surface area contributed by atoms with Crippen LogP contribution in [0.4, 0.5) is 0 Å². The minimum Gasteiger partial charge on any atom is -0.512 e. The summed E-state index contributed by atoms with van der Waals surface area (Å²) in [7, 11) is -4.64. The maximum Gasteiger partial charge on any atom is 1.00 e. The Balaban J connectivity index is -0.0000000750. The van der Waals surface area contributed by atoms with Gasteiger partial charge in [0, 0.05) is 0 Å². The van der Waals surface area contributed by atoms with E-state index in [4.69, 9.17) is 31.1 Å². The topological polar surface area (TPSA) is 102 Å². The Morgan fingerprint density at radius 1 is 1.25 bits per heavy atom. The SMILES string of the molecule is O=P(O)(O)O.[C-]#N.[Na+]. The minimum absolute atomic E-state index is 0. The molecule has 8 heavy (non-hydrogen) atoms. The van der Waals surface area contributed by atoms with Gasteiger partial charge in [0.05, 0.1) is 0 Å². The summed E-state index contributed by atoms with van der Waals surface area (Å²) in [4.78, 5) is 21.6. The second kappa shape index (κ2) is 7.60. The van der Waals surface area contributed by atoms with Gasteiger partial charge >= 0.3 is 37.4 Å². The van der Waals surface area contributed by atoms with Crippen LogP contribution in [0, 0.1) is 11.8 Å². The predicted octanol–water partition coefficient (Wildman–Crippen LogP) is -3.83. The zero-order valence-electron chi connectivity index (χ0n) is 4.14. The van der Waals surface area contributed by atoms with Crippen molar-refractivity contribution in [3.05, 3.63) is 6.57 Å². The molecule has 0 aromatic rings. The Morgan fingerprint density at radius 2 is 1.25 bits per heavy atom. The fourth-order valence-corrected chi connectivity index (χ4v) is 0. The van der Waals surface area contributed by atoms with Crippen LogP contribution in [0.15, 0.2) is 0 Å². The van der Waals surface area contributed by atoms with E-state index in [-0.39, 0.29) is 29.6 Å². The second-order valence-corrected chi connectivity index (χ2v) is 1.54.